The number of hydrogen-bond acceptors (Lipinski definition) is 4. The van der Waals surface area contributed by atoms with Gasteiger partial charge in [-0.3, -0.25) is 9.59 Å². The van der Waals surface area contributed by atoms with Crippen LogP contribution in [0.4, 0.5) is 4.79 Å². The number of nitrogens with one attached hydrogen (secondary N) is 1. The second kappa shape index (κ2) is 7.88. The van der Waals surface area contributed by atoms with Gasteiger partial charge in [0.05, 0.1) is 0 Å². The molecular formula is C14H18N2O5. The van der Waals surface area contributed by atoms with Crippen molar-refractivity contribution in [2.24, 2.45) is 0 Å². The predicted molar refractivity (Wildman–Crippen MR) is 74.5 cm³/mol. The third kappa shape index (κ3) is 5.94. The van der Waals surface area contributed by atoms with E-state index in [9.17, 15) is 14.4 Å². The Labute approximate surface area is 122 Å². The van der Waals surface area contributed by atoms with Crippen molar-refractivity contribution in [3.05, 3.63) is 35.9 Å². The van der Waals surface area contributed by atoms with E-state index in [-0.39, 0.29) is 13.2 Å². The highest BCUT2D eigenvalue weighted by atomic mass is 16.6. The zero-order valence-electron chi connectivity index (χ0n) is 11.9. The lowest BCUT2D eigenvalue weighted by molar-refractivity contribution is -0.141. The zero-order valence-corrected chi connectivity index (χ0v) is 11.9. The van der Waals surface area contributed by atoms with Crippen molar-refractivity contribution in [3.8, 4) is 0 Å². The van der Waals surface area contributed by atoms with Crippen LogP contribution < -0.4 is 5.32 Å². The average molecular weight is 294 g/mol. The first-order chi connectivity index (χ1) is 9.90. The Morgan fingerprint density at radius 3 is 2.48 bits per heavy atom. The molecule has 0 aliphatic carbocycles. The minimum Gasteiger partial charge on any atom is -0.480 e. The fraction of sp³-hybridized carbons (Fsp3) is 0.357. The van der Waals surface area contributed by atoms with Gasteiger partial charge in [-0.05, 0) is 12.5 Å². The van der Waals surface area contributed by atoms with Crippen LogP contribution in [0, 0.1) is 0 Å². The number of amides is 2. The number of carboxylic acid groups (broad SMARTS) is 1. The third-order valence-electron chi connectivity index (χ3n) is 2.65. The number of rotatable bonds is 6. The Balaban J connectivity index is 2.37. The SMILES string of the molecule is CC(NC(=O)CN(C)C(=O)OCc1ccccc1)C(=O)O. The van der Waals surface area contributed by atoms with Crippen LogP contribution in [0.5, 0.6) is 0 Å². The molecule has 0 aliphatic heterocycles. The highest BCUT2D eigenvalue weighted by molar-refractivity contribution is 5.86. The molecule has 1 atom stereocenters. The Bertz CT molecular complexity index is 503. The van der Waals surface area contributed by atoms with E-state index in [4.69, 9.17) is 9.84 Å². The largest absolute Gasteiger partial charge is 0.480 e. The van der Waals surface area contributed by atoms with Crippen molar-refractivity contribution in [1.82, 2.24) is 10.2 Å². The molecule has 1 aromatic rings. The minimum atomic E-state index is -1.14. The molecule has 7 heteroatoms. The lowest BCUT2D eigenvalue weighted by Gasteiger charge is -2.17. The van der Waals surface area contributed by atoms with Gasteiger partial charge in [-0.15, -0.1) is 0 Å². The lowest BCUT2D eigenvalue weighted by Crippen LogP contribution is -2.44. The van der Waals surface area contributed by atoms with Crippen LogP contribution in [0.3, 0.4) is 0 Å². The van der Waals surface area contributed by atoms with Gasteiger partial charge in [0.2, 0.25) is 5.91 Å². The average Bonchev–Trinajstić information content (AvgIpc) is 2.45. The maximum Gasteiger partial charge on any atom is 0.410 e. The normalized spacial score (nSPS) is 11.3. The van der Waals surface area contributed by atoms with Crippen LogP contribution in [0.25, 0.3) is 0 Å². The molecule has 1 aromatic carbocycles. The number of carbonyl (C=O) groups is 3. The van der Waals surface area contributed by atoms with Crippen molar-refractivity contribution in [2.45, 2.75) is 19.6 Å². The molecule has 2 amide bonds. The van der Waals surface area contributed by atoms with Crippen molar-refractivity contribution in [3.63, 3.8) is 0 Å². The molecule has 1 unspecified atom stereocenters. The Hall–Kier alpha value is -2.57. The first-order valence-corrected chi connectivity index (χ1v) is 6.34. The summed E-state index contributed by atoms with van der Waals surface area (Å²) in [6.45, 7) is 1.18. The molecule has 0 bridgehead atoms. The summed E-state index contributed by atoms with van der Waals surface area (Å²) >= 11 is 0. The Morgan fingerprint density at radius 2 is 1.90 bits per heavy atom. The van der Waals surface area contributed by atoms with Crippen molar-refractivity contribution >= 4 is 18.0 Å². The molecule has 114 valence electrons. The number of carbonyl (C=O) groups excluding carboxylic acids is 2. The van der Waals surface area contributed by atoms with Gasteiger partial charge in [0.25, 0.3) is 0 Å². The van der Waals surface area contributed by atoms with E-state index in [2.05, 4.69) is 5.32 Å². The zero-order chi connectivity index (χ0) is 15.8. The highest BCUT2D eigenvalue weighted by Gasteiger charge is 2.18. The predicted octanol–water partition coefficient (Wildman–Crippen LogP) is 0.844. The van der Waals surface area contributed by atoms with E-state index < -0.39 is 24.0 Å². The van der Waals surface area contributed by atoms with Crippen molar-refractivity contribution in [2.75, 3.05) is 13.6 Å². The maximum absolute atomic E-state index is 11.7. The summed E-state index contributed by atoms with van der Waals surface area (Å²) in [6.07, 6.45) is -0.656. The molecule has 0 radical (unpaired) electrons. The van der Waals surface area contributed by atoms with Crippen molar-refractivity contribution in [1.29, 1.82) is 0 Å². The van der Waals surface area contributed by atoms with Gasteiger partial charge in [-0.1, -0.05) is 30.3 Å². The molecule has 0 fully saturated rings. The summed E-state index contributed by atoms with van der Waals surface area (Å²) in [5.74, 6) is -1.71. The Kier molecular flexibility index (Phi) is 6.19. The van der Waals surface area contributed by atoms with Crippen LogP contribution in [0.2, 0.25) is 0 Å². The fourth-order valence-corrected chi connectivity index (χ4v) is 1.46. The molecule has 0 aliphatic rings. The topological polar surface area (TPSA) is 95.9 Å². The molecule has 2 N–H and O–H groups in total. The van der Waals surface area contributed by atoms with E-state index in [1.165, 1.54) is 14.0 Å². The summed E-state index contributed by atoms with van der Waals surface area (Å²) in [5.41, 5.74) is 0.836. The van der Waals surface area contributed by atoms with Gasteiger partial charge in [-0.2, -0.15) is 0 Å². The van der Waals surface area contributed by atoms with E-state index >= 15 is 0 Å². The monoisotopic (exact) mass is 294 g/mol. The van der Waals surface area contributed by atoms with Gasteiger partial charge < -0.3 is 20.1 Å². The summed E-state index contributed by atoms with van der Waals surface area (Å²) in [7, 11) is 1.40. The summed E-state index contributed by atoms with van der Waals surface area (Å²) in [5, 5.41) is 10.9. The molecule has 0 aromatic heterocycles. The van der Waals surface area contributed by atoms with Crippen molar-refractivity contribution < 1.29 is 24.2 Å². The Morgan fingerprint density at radius 1 is 1.29 bits per heavy atom. The van der Waals surface area contributed by atoms with E-state index in [1.807, 2.05) is 30.3 Å². The van der Waals surface area contributed by atoms with Gasteiger partial charge in [0, 0.05) is 7.05 Å². The van der Waals surface area contributed by atoms with E-state index in [0.717, 1.165) is 10.5 Å². The van der Waals surface area contributed by atoms with Gasteiger partial charge >= 0.3 is 12.1 Å². The van der Waals surface area contributed by atoms with Crippen LogP contribution in [-0.4, -0.2) is 47.6 Å². The fourth-order valence-electron chi connectivity index (χ4n) is 1.46. The lowest BCUT2D eigenvalue weighted by atomic mass is 10.2. The number of likely N-dealkylation sites (N-methyl/N-ethyl adjacent to an activating group) is 1. The molecule has 21 heavy (non-hydrogen) atoms. The van der Waals surface area contributed by atoms with Gasteiger partial charge in [-0.25, -0.2) is 4.79 Å². The first kappa shape index (κ1) is 16.5. The number of nitrogens with zero attached hydrogens (tertiary/aromatic N) is 1. The quantitative estimate of drug-likeness (QED) is 0.810. The maximum atomic E-state index is 11.7. The molecule has 0 saturated heterocycles. The van der Waals surface area contributed by atoms with Crippen LogP contribution in [0.15, 0.2) is 30.3 Å². The van der Waals surface area contributed by atoms with Crippen LogP contribution in [0.1, 0.15) is 12.5 Å². The highest BCUT2D eigenvalue weighted by Crippen LogP contribution is 2.02. The van der Waals surface area contributed by atoms with Gasteiger partial charge in [0.1, 0.15) is 19.2 Å². The molecule has 0 spiro atoms. The molecule has 0 heterocycles. The minimum absolute atomic E-state index is 0.108. The number of carboxylic acids is 1. The van der Waals surface area contributed by atoms with Crippen LogP contribution >= 0.6 is 0 Å². The summed E-state index contributed by atoms with van der Waals surface area (Å²) in [6, 6.07) is 8.13. The smallest absolute Gasteiger partial charge is 0.410 e. The standard InChI is InChI=1S/C14H18N2O5/c1-10(13(18)19)15-12(17)8-16(2)14(20)21-9-11-6-4-3-5-7-11/h3-7,10H,8-9H2,1-2H3,(H,15,17)(H,18,19). The summed E-state index contributed by atoms with van der Waals surface area (Å²) in [4.78, 5) is 34.9. The van der Waals surface area contributed by atoms with E-state index in [1.54, 1.807) is 0 Å². The van der Waals surface area contributed by atoms with E-state index in [0.29, 0.717) is 0 Å². The second-order valence-corrected chi connectivity index (χ2v) is 4.52. The number of hydrogen-bond donors (Lipinski definition) is 2. The molecule has 0 saturated carbocycles. The molecular weight excluding hydrogens is 276 g/mol. The molecule has 1 rings (SSSR count). The van der Waals surface area contributed by atoms with Crippen LogP contribution in [-0.2, 0) is 20.9 Å². The number of benzene rings is 1. The third-order valence-corrected chi connectivity index (χ3v) is 2.65. The number of aliphatic carboxylic acids is 1. The van der Waals surface area contributed by atoms with Gasteiger partial charge in [0.15, 0.2) is 0 Å². The molecule has 7 nitrogen and oxygen atoms in total. The second-order valence-electron chi connectivity index (χ2n) is 4.52. The number of ether oxygens (including phenoxy) is 1. The summed E-state index contributed by atoms with van der Waals surface area (Å²) < 4.78 is 5.03. The first-order valence-electron chi connectivity index (χ1n) is 6.34.